The second-order valence-corrected chi connectivity index (χ2v) is 12.5. The smallest absolute Gasteiger partial charge is 0.0552 e. The lowest BCUT2D eigenvalue weighted by Gasteiger charge is -2.18. The lowest BCUT2D eigenvalue weighted by atomic mass is 9.97. The molecule has 2 heterocycles. The third-order valence-corrected chi connectivity index (χ3v) is 9.79. The Bertz CT molecular complexity index is 2230. The highest BCUT2D eigenvalue weighted by molar-refractivity contribution is 7.26. The molecular weight excluding hydrogens is 591 g/mol. The Balaban J connectivity index is 0.000000234. The third-order valence-electron chi connectivity index (χ3n) is 8.59. The molecule has 0 atom stereocenters. The van der Waals surface area contributed by atoms with Crippen molar-refractivity contribution in [2.24, 2.45) is 5.73 Å². The van der Waals surface area contributed by atoms with E-state index in [2.05, 4.69) is 126 Å². The first-order chi connectivity index (χ1) is 23.2. The summed E-state index contributed by atoms with van der Waals surface area (Å²) in [7, 11) is 1.90. The number of nitrogens with two attached hydrogens (primary N) is 1. The maximum atomic E-state index is 5.43. The van der Waals surface area contributed by atoms with Crippen molar-refractivity contribution >= 4 is 70.3 Å². The Kier molecular flexibility index (Phi) is 10.0. The Morgan fingerprint density at radius 1 is 0.809 bits per heavy atom. The molecule has 0 fully saturated rings. The molecule has 0 saturated heterocycles. The van der Waals surface area contributed by atoms with Crippen molar-refractivity contribution in [3.63, 3.8) is 0 Å². The van der Waals surface area contributed by atoms with E-state index >= 15 is 0 Å². The molecular formula is C43H43N3S. The second kappa shape index (κ2) is 14.7. The zero-order chi connectivity index (χ0) is 32.8. The van der Waals surface area contributed by atoms with Crippen LogP contribution in [-0.2, 0) is 0 Å². The highest BCUT2D eigenvalue weighted by atomic mass is 32.1. The van der Waals surface area contributed by atoms with Gasteiger partial charge in [-0.05, 0) is 72.9 Å². The van der Waals surface area contributed by atoms with Crippen LogP contribution in [0.3, 0.4) is 0 Å². The molecule has 0 spiro atoms. The van der Waals surface area contributed by atoms with Crippen LogP contribution < -0.4 is 11.1 Å². The molecule has 0 radical (unpaired) electrons. The van der Waals surface area contributed by atoms with Crippen LogP contribution in [0.25, 0.3) is 58.9 Å². The number of fused-ring (bicyclic) bond motifs is 7. The van der Waals surface area contributed by atoms with E-state index < -0.39 is 0 Å². The summed E-state index contributed by atoms with van der Waals surface area (Å²) in [5.74, 6) is 0. The molecule has 236 valence electrons. The number of hydrogen-bond donors (Lipinski definition) is 2. The van der Waals surface area contributed by atoms with E-state index in [-0.39, 0.29) is 0 Å². The van der Waals surface area contributed by atoms with Crippen LogP contribution in [0.2, 0.25) is 0 Å². The van der Waals surface area contributed by atoms with Crippen molar-refractivity contribution in [2.45, 2.75) is 33.6 Å². The first-order valence-electron chi connectivity index (χ1n) is 16.6. The summed E-state index contributed by atoms with van der Waals surface area (Å²) in [5, 5.41) is 8.58. The summed E-state index contributed by atoms with van der Waals surface area (Å²) >= 11 is 1.93. The quantitative estimate of drug-likeness (QED) is 0.198. The fraction of sp³-hybridized carbons (Fsp3) is 0.163. The number of thiophene rings is 1. The Labute approximate surface area is 282 Å². The molecule has 1 aliphatic carbocycles. The van der Waals surface area contributed by atoms with Gasteiger partial charge in [0.1, 0.15) is 0 Å². The summed E-state index contributed by atoms with van der Waals surface area (Å²) in [6.07, 6.45) is 8.85. The number of allylic oxidation sites excluding steroid dienone is 4. The van der Waals surface area contributed by atoms with Crippen molar-refractivity contribution in [1.29, 1.82) is 0 Å². The lowest BCUT2D eigenvalue weighted by molar-refractivity contribution is 0.983. The molecule has 1 aliphatic rings. The van der Waals surface area contributed by atoms with Crippen LogP contribution in [0.15, 0.2) is 133 Å². The van der Waals surface area contributed by atoms with E-state index in [1.807, 2.05) is 56.5 Å². The van der Waals surface area contributed by atoms with Gasteiger partial charge in [-0.3, -0.25) is 0 Å². The van der Waals surface area contributed by atoms with E-state index in [9.17, 15) is 0 Å². The highest BCUT2D eigenvalue weighted by Crippen LogP contribution is 2.44. The first kappa shape index (κ1) is 32.1. The summed E-state index contributed by atoms with van der Waals surface area (Å²) in [5.41, 5.74) is 15.6. The van der Waals surface area contributed by atoms with Crippen molar-refractivity contribution in [2.75, 3.05) is 13.6 Å². The molecule has 5 aromatic carbocycles. The maximum Gasteiger partial charge on any atom is 0.0552 e. The molecule has 0 aliphatic heterocycles. The summed E-state index contributed by atoms with van der Waals surface area (Å²) in [6, 6.07) is 41.3. The molecule has 0 unspecified atom stereocenters. The van der Waals surface area contributed by atoms with Gasteiger partial charge in [-0.25, -0.2) is 0 Å². The lowest BCUT2D eigenvalue weighted by Crippen LogP contribution is -2.07. The van der Waals surface area contributed by atoms with Gasteiger partial charge in [0.2, 0.25) is 0 Å². The van der Waals surface area contributed by atoms with Crippen molar-refractivity contribution in [3.05, 3.63) is 150 Å². The second-order valence-electron chi connectivity index (χ2n) is 11.5. The third kappa shape index (κ3) is 6.40. The van der Waals surface area contributed by atoms with Crippen LogP contribution in [0.5, 0.6) is 0 Å². The molecule has 7 aromatic rings. The zero-order valence-corrected chi connectivity index (χ0v) is 28.6. The van der Waals surface area contributed by atoms with Crippen LogP contribution in [-0.4, -0.2) is 18.2 Å². The van der Waals surface area contributed by atoms with E-state index in [0.29, 0.717) is 6.54 Å². The summed E-state index contributed by atoms with van der Waals surface area (Å²) < 4.78 is 5.28. The molecule has 47 heavy (non-hydrogen) atoms. The Morgan fingerprint density at radius 3 is 2.26 bits per heavy atom. The fourth-order valence-electron chi connectivity index (χ4n) is 6.50. The van der Waals surface area contributed by atoms with E-state index in [1.54, 1.807) is 0 Å². The predicted octanol–water partition coefficient (Wildman–Crippen LogP) is 11.4. The van der Waals surface area contributed by atoms with Crippen molar-refractivity contribution in [3.8, 4) is 0 Å². The Morgan fingerprint density at radius 2 is 1.51 bits per heavy atom. The highest BCUT2D eigenvalue weighted by Gasteiger charge is 2.19. The van der Waals surface area contributed by atoms with E-state index in [4.69, 9.17) is 5.73 Å². The van der Waals surface area contributed by atoms with Gasteiger partial charge in [-0.15, -0.1) is 11.3 Å². The number of aromatic nitrogens is 1. The largest absolute Gasteiger partial charge is 0.388 e. The van der Waals surface area contributed by atoms with Crippen LogP contribution in [0.1, 0.15) is 43.4 Å². The standard InChI is InChI=1S/C31H23NS.C10H14N2.C2H6/c1-20-14-16-27-26(18-20)30-28(17-15-25-24-12-5-6-13-29(24)33-31(25)30)32(27)23-11-7-10-22(19-23)21-8-3-2-4-9-21;1-12-10(7-8-11)9-5-3-2-4-6-9;1-2/h2-6,8-10,12-19H,7,11H2,1H3;2-7,12H,8,11H2,1H3;1-2H3/b;10-7-;. The maximum absolute atomic E-state index is 5.43. The zero-order valence-electron chi connectivity index (χ0n) is 27.8. The molecule has 3 N–H and O–H groups in total. The van der Waals surface area contributed by atoms with Gasteiger partial charge in [-0.2, -0.15) is 0 Å². The minimum atomic E-state index is 0.561. The molecule has 2 aromatic heterocycles. The number of nitrogens with one attached hydrogen (secondary N) is 1. The number of rotatable bonds is 5. The van der Waals surface area contributed by atoms with Gasteiger partial charge in [-0.1, -0.05) is 116 Å². The van der Waals surface area contributed by atoms with Gasteiger partial charge >= 0.3 is 0 Å². The molecule has 0 bridgehead atoms. The molecule has 4 heteroatoms. The van der Waals surface area contributed by atoms with Crippen molar-refractivity contribution in [1.82, 2.24) is 9.88 Å². The van der Waals surface area contributed by atoms with Crippen LogP contribution in [0.4, 0.5) is 0 Å². The van der Waals surface area contributed by atoms with Gasteiger partial charge < -0.3 is 15.6 Å². The average Bonchev–Trinajstić information content (AvgIpc) is 3.68. The van der Waals surface area contributed by atoms with Gasteiger partial charge in [0, 0.05) is 55.9 Å². The molecule has 0 saturated carbocycles. The van der Waals surface area contributed by atoms with Gasteiger partial charge in [0.05, 0.1) is 11.0 Å². The number of hydrogen-bond acceptors (Lipinski definition) is 3. The molecule has 8 rings (SSSR count). The predicted molar refractivity (Wildman–Crippen MR) is 209 cm³/mol. The minimum absolute atomic E-state index is 0.561. The first-order valence-corrected chi connectivity index (χ1v) is 17.4. The van der Waals surface area contributed by atoms with Gasteiger partial charge in [0.25, 0.3) is 0 Å². The van der Waals surface area contributed by atoms with E-state index in [1.165, 1.54) is 69.9 Å². The number of aryl methyl sites for hydroxylation is 1. The number of benzene rings is 5. The monoisotopic (exact) mass is 633 g/mol. The van der Waals surface area contributed by atoms with Crippen LogP contribution in [0, 0.1) is 6.92 Å². The average molecular weight is 634 g/mol. The molecule has 3 nitrogen and oxygen atoms in total. The topological polar surface area (TPSA) is 43.0 Å². The Hall–Kier alpha value is -4.90. The number of nitrogens with zero attached hydrogens (tertiary/aromatic N) is 1. The van der Waals surface area contributed by atoms with Crippen LogP contribution >= 0.6 is 11.3 Å². The summed E-state index contributed by atoms with van der Waals surface area (Å²) in [6.45, 7) is 6.76. The van der Waals surface area contributed by atoms with Crippen molar-refractivity contribution < 1.29 is 0 Å². The SMILES string of the molecule is CC.CN/C(=C\CN)c1ccccc1.Cc1ccc2c(c1)c1c3sc4ccccc4c3ccc1n2C1=CC(c2ccccc2)=CCC1. The summed E-state index contributed by atoms with van der Waals surface area (Å²) in [4.78, 5) is 0. The normalized spacial score (nSPS) is 13.1. The van der Waals surface area contributed by atoms with Gasteiger partial charge in [0.15, 0.2) is 0 Å². The molecule has 0 amide bonds. The minimum Gasteiger partial charge on any atom is -0.388 e. The van der Waals surface area contributed by atoms with E-state index in [0.717, 1.165) is 18.5 Å². The fourth-order valence-corrected chi connectivity index (χ4v) is 7.76.